The molecule has 1 unspecified atom stereocenters. The van der Waals surface area contributed by atoms with Crippen molar-refractivity contribution in [2.24, 2.45) is 0 Å². The fourth-order valence-electron chi connectivity index (χ4n) is 4.96. The number of carbonyl (C=O) groups excluding carboxylic acids is 2. The van der Waals surface area contributed by atoms with Crippen LogP contribution in [0.5, 0.6) is 0 Å². The lowest BCUT2D eigenvalue weighted by Gasteiger charge is -2.26. The number of aliphatic hydroxyl groups excluding tert-OH is 1. The Kier molecular flexibility index (Phi) is 5.55. The van der Waals surface area contributed by atoms with Crippen LogP contribution in [0.3, 0.4) is 0 Å². The summed E-state index contributed by atoms with van der Waals surface area (Å²) in [6.07, 6.45) is 5.96. The number of aromatic nitrogens is 1. The largest absolute Gasteiger partial charge is 0.507 e. The van der Waals surface area contributed by atoms with Gasteiger partial charge in [-0.15, -0.1) is 0 Å². The summed E-state index contributed by atoms with van der Waals surface area (Å²) in [6.45, 7) is 2.14. The van der Waals surface area contributed by atoms with Crippen molar-refractivity contribution in [2.45, 2.75) is 45.2 Å². The van der Waals surface area contributed by atoms with Crippen molar-refractivity contribution >= 4 is 17.4 Å². The molecule has 2 heterocycles. The first-order valence-electron chi connectivity index (χ1n) is 11.4. The number of Topliss-reactive ketones (excluding diaryl/α,β-unsaturated/α-hetero) is 1. The number of likely N-dealkylation sites (tertiary alicyclic amines) is 1. The van der Waals surface area contributed by atoms with Crippen LogP contribution in [-0.4, -0.2) is 26.7 Å². The van der Waals surface area contributed by atoms with E-state index in [9.17, 15) is 14.7 Å². The van der Waals surface area contributed by atoms with E-state index in [4.69, 9.17) is 0 Å². The quantitative estimate of drug-likeness (QED) is 0.358. The Hall–Kier alpha value is -3.73. The lowest BCUT2D eigenvalue weighted by atomic mass is 9.88. The van der Waals surface area contributed by atoms with Gasteiger partial charge in [0.05, 0.1) is 23.9 Å². The molecule has 1 N–H and O–H groups in total. The molecule has 2 aliphatic rings. The number of nitrogens with zero attached hydrogens (tertiary/aromatic N) is 2. The Balaban J connectivity index is 1.65. The normalized spacial score (nSPS) is 19.5. The maximum absolute atomic E-state index is 13.3. The third-order valence-corrected chi connectivity index (χ3v) is 6.70. The number of carbonyl (C=O) groups is 2. The van der Waals surface area contributed by atoms with Gasteiger partial charge in [-0.05, 0) is 73.1 Å². The second kappa shape index (κ2) is 8.66. The van der Waals surface area contributed by atoms with E-state index in [1.165, 1.54) is 22.4 Å². The topological polar surface area (TPSA) is 70.5 Å². The number of ketones is 1. The highest BCUT2D eigenvalue weighted by atomic mass is 16.3. The van der Waals surface area contributed by atoms with E-state index in [-0.39, 0.29) is 17.9 Å². The molecule has 2 aromatic carbocycles. The Bertz CT molecular complexity index is 1260. The molecule has 1 aliphatic heterocycles. The highest BCUT2D eigenvalue weighted by Gasteiger charge is 2.46. The Morgan fingerprint density at radius 1 is 1.00 bits per heavy atom. The van der Waals surface area contributed by atoms with Gasteiger partial charge in [0.2, 0.25) is 0 Å². The number of amides is 1. The zero-order valence-corrected chi connectivity index (χ0v) is 18.6. The summed E-state index contributed by atoms with van der Waals surface area (Å²) in [6, 6.07) is 18.4. The number of benzene rings is 2. The second-order valence-corrected chi connectivity index (χ2v) is 8.80. The molecular formula is C28H26N2O3. The van der Waals surface area contributed by atoms with Gasteiger partial charge in [-0.25, -0.2) is 0 Å². The molecule has 0 spiro atoms. The monoisotopic (exact) mass is 438 g/mol. The summed E-state index contributed by atoms with van der Waals surface area (Å²) in [5.74, 6) is -1.39. The summed E-state index contributed by atoms with van der Waals surface area (Å²) in [4.78, 5) is 32.3. The predicted molar refractivity (Wildman–Crippen MR) is 126 cm³/mol. The molecule has 3 aromatic rings. The van der Waals surface area contributed by atoms with Crippen LogP contribution in [0.4, 0.5) is 0 Å². The van der Waals surface area contributed by atoms with Crippen molar-refractivity contribution in [2.75, 3.05) is 0 Å². The minimum atomic E-state index is -0.677. The van der Waals surface area contributed by atoms with Crippen molar-refractivity contribution < 1.29 is 14.7 Å². The standard InChI is InChI=1S/C28H26N2O3/c1-18-8-2-5-12-23(18)25-24(26(31)21-14-13-19-9-3-4-10-20(19)16-21)27(32)28(33)30(25)17-22-11-6-7-15-29-22/h2,5-8,11-16,25,31H,3-4,9-10,17H2,1H3/b26-24+. The molecule has 166 valence electrons. The molecule has 0 bridgehead atoms. The summed E-state index contributed by atoms with van der Waals surface area (Å²) < 4.78 is 0. The fraction of sp³-hybridized carbons (Fsp3) is 0.250. The first kappa shape index (κ1) is 21.1. The van der Waals surface area contributed by atoms with Gasteiger partial charge in [-0.2, -0.15) is 0 Å². The molecule has 5 nitrogen and oxygen atoms in total. The van der Waals surface area contributed by atoms with E-state index >= 15 is 0 Å². The highest BCUT2D eigenvalue weighted by molar-refractivity contribution is 6.46. The third-order valence-electron chi connectivity index (χ3n) is 6.70. The molecule has 0 radical (unpaired) electrons. The van der Waals surface area contributed by atoms with Crippen molar-refractivity contribution in [3.63, 3.8) is 0 Å². The van der Waals surface area contributed by atoms with Crippen LogP contribution < -0.4 is 0 Å². The molecule has 1 saturated heterocycles. The molecular weight excluding hydrogens is 412 g/mol. The van der Waals surface area contributed by atoms with E-state index in [1.807, 2.05) is 67.6 Å². The van der Waals surface area contributed by atoms with Gasteiger partial charge >= 0.3 is 0 Å². The van der Waals surface area contributed by atoms with Gasteiger partial charge in [-0.3, -0.25) is 14.6 Å². The molecule has 0 saturated carbocycles. The minimum absolute atomic E-state index is 0.113. The third kappa shape index (κ3) is 3.84. The molecule has 1 amide bonds. The maximum Gasteiger partial charge on any atom is 0.296 e. The van der Waals surface area contributed by atoms with Crippen LogP contribution >= 0.6 is 0 Å². The Morgan fingerprint density at radius 2 is 1.76 bits per heavy atom. The Labute approximate surface area is 193 Å². The zero-order valence-electron chi connectivity index (χ0n) is 18.6. The van der Waals surface area contributed by atoms with E-state index in [0.717, 1.165) is 30.4 Å². The second-order valence-electron chi connectivity index (χ2n) is 8.80. The number of aliphatic hydroxyl groups is 1. The van der Waals surface area contributed by atoms with Crippen LogP contribution in [0.15, 0.2) is 72.4 Å². The smallest absolute Gasteiger partial charge is 0.296 e. The van der Waals surface area contributed by atoms with Crippen LogP contribution in [0.25, 0.3) is 5.76 Å². The van der Waals surface area contributed by atoms with Crippen molar-refractivity contribution in [3.05, 3.63) is 106 Å². The highest BCUT2D eigenvalue weighted by Crippen LogP contribution is 2.41. The van der Waals surface area contributed by atoms with Crippen LogP contribution in [-0.2, 0) is 29.0 Å². The van der Waals surface area contributed by atoms with Gasteiger partial charge in [0.15, 0.2) is 0 Å². The van der Waals surface area contributed by atoms with Gasteiger partial charge in [0.25, 0.3) is 11.7 Å². The summed E-state index contributed by atoms with van der Waals surface area (Å²) in [5.41, 5.74) is 5.70. The van der Waals surface area contributed by atoms with Gasteiger partial charge in [0.1, 0.15) is 5.76 Å². The van der Waals surface area contributed by atoms with E-state index < -0.39 is 17.7 Å². The summed E-state index contributed by atoms with van der Waals surface area (Å²) in [5, 5.41) is 11.4. The van der Waals surface area contributed by atoms with Crippen molar-refractivity contribution in [1.82, 2.24) is 9.88 Å². The summed E-state index contributed by atoms with van der Waals surface area (Å²) in [7, 11) is 0. The minimum Gasteiger partial charge on any atom is -0.507 e. The summed E-state index contributed by atoms with van der Waals surface area (Å²) >= 11 is 0. The van der Waals surface area contributed by atoms with Crippen LogP contribution in [0.1, 0.15) is 52.4 Å². The maximum atomic E-state index is 13.3. The van der Waals surface area contributed by atoms with Crippen molar-refractivity contribution in [3.8, 4) is 0 Å². The molecule has 33 heavy (non-hydrogen) atoms. The first-order chi connectivity index (χ1) is 16.0. The zero-order chi connectivity index (χ0) is 22.9. The van der Waals surface area contributed by atoms with E-state index in [0.29, 0.717) is 11.3 Å². The van der Waals surface area contributed by atoms with Gasteiger partial charge < -0.3 is 10.0 Å². The SMILES string of the molecule is Cc1ccccc1C1/C(=C(\O)c2ccc3c(c2)CCCC3)C(=O)C(=O)N1Cc1ccccn1. The number of rotatable bonds is 4. The first-order valence-corrected chi connectivity index (χ1v) is 11.4. The number of aryl methyl sites for hydroxylation is 3. The molecule has 1 aromatic heterocycles. The average Bonchev–Trinajstić information content (AvgIpc) is 3.09. The van der Waals surface area contributed by atoms with Gasteiger partial charge in [-0.1, -0.05) is 42.5 Å². The lowest BCUT2D eigenvalue weighted by molar-refractivity contribution is -0.140. The molecule has 1 atom stereocenters. The molecule has 1 fully saturated rings. The number of fused-ring (bicyclic) bond motifs is 1. The van der Waals surface area contributed by atoms with Crippen LogP contribution in [0.2, 0.25) is 0 Å². The molecule has 5 rings (SSSR count). The number of hydrogen-bond acceptors (Lipinski definition) is 4. The number of hydrogen-bond donors (Lipinski definition) is 1. The van der Waals surface area contributed by atoms with Crippen LogP contribution in [0, 0.1) is 6.92 Å². The lowest BCUT2D eigenvalue weighted by Crippen LogP contribution is -2.29. The fourth-order valence-corrected chi connectivity index (χ4v) is 4.96. The van der Waals surface area contributed by atoms with E-state index in [2.05, 4.69) is 4.98 Å². The van der Waals surface area contributed by atoms with Crippen molar-refractivity contribution in [1.29, 1.82) is 0 Å². The van der Waals surface area contributed by atoms with E-state index in [1.54, 1.807) is 6.20 Å². The van der Waals surface area contributed by atoms with Gasteiger partial charge in [0, 0.05) is 11.8 Å². The predicted octanol–water partition coefficient (Wildman–Crippen LogP) is 4.89. The Morgan fingerprint density at radius 3 is 2.52 bits per heavy atom. The average molecular weight is 439 g/mol. The molecule has 1 aliphatic carbocycles. The molecule has 5 heteroatoms. The number of pyridine rings is 1.